The van der Waals surface area contributed by atoms with Crippen LogP contribution in [0.1, 0.15) is 15.9 Å². The molecule has 3 nitrogen and oxygen atoms in total. The van der Waals surface area contributed by atoms with Crippen LogP contribution in [0.2, 0.25) is 0 Å². The largest absolute Gasteiger partial charge is 0.478 e. The molecule has 0 bridgehead atoms. The molecule has 0 spiro atoms. The molecule has 4 heteroatoms. The van der Waals surface area contributed by atoms with Gasteiger partial charge in [-0.05, 0) is 44.0 Å². The van der Waals surface area contributed by atoms with Gasteiger partial charge in [0.05, 0.1) is 5.56 Å². The average molecular weight is 353 g/mol. The van der Waals surface area contributed by atoms with Gasteiger partial charge in [-0.15, -0.1) is 0 Å². The van der Waals surface area contributed by atoms with Gasteiger partial charge >= 0.3 is 5.97 Å². The Morgan fingerprint density at radius 1 is 1.39 bits per heavy atom. The molecular weight excluding hydrogens is 341 g/mol. The number of benzene rings is 1. The van der Waals surface area contributed by atoms with E-state index in [0.717, 1.165) is 11.3 Å². The number of carboxylic acid groups (broad SMARTS) is 1. The molecule has 1 aliphatic heterocycles. The van der Waals surface area contributed by atoms with E-state index in [0.29, 0.717) is 5.56 Å². The maximum absolute atomic E-state index is 10.8. The zero-order chi connectivity index (χ0) is 12.8. The Hall–Kier alpha value is -1.69. The number of hydrogen-bond donors (Lipinski definition) is 2. The summed E-state index contributed by atoms with van der Waals surface area (Å²) in [6, 6.07) is 6.83. The standard InChI is InChI=1S/C14H12INO2/c17-14(18)12-3-1-2-11(10-12)6-9-16-13-4-7-15-8-5-13/h1-10,16H,(H,17,18)/b9-6+. The minimum Gasteiger partial charge on any atom is -0.478 e. The van der Waals surface area contributed by atoms with Crippen LogP contribution in [-0.2, 0) is 0 Å². The van der Waals surface area contributed by atoms with Crippen molar-refractivity contribution in [3.63, 3.8) is 0 Å². The fourth-order valence-corrected chi connectivity index (χ4v) is 2.84. The number of rotatable bonds is 4. The Morgan fingerprint density at radius 3 is 3.00 bits per heavy atom. The zero-order valence-electron chi connectivity index (χ0n) is 9.51. The monoisotopic (exact) mass is 353 g/mol. The molecule has 0 radical (unpaired) electrons. The second-order valence-electron chi connectivity index (χ2n) is 3.57. The van der Waals surface area contributed by atoms with Gasteiger partial charge in [0.25, 0.3) is 0 Å². The van der Waals surface area contributed by atoms with Crippen molar-refractivity contribution in [3.05, 3.63) is 63.5 Å². The van der Waals surface area contributed by atoms with Crippen LogP contribution < -0.4 is 5.32 Å². The molecule has 92 valence electrons. The van der Waals surface area contributed by atoms with Gasteiger partial charge in [0.15, 0.2) is 0 Å². The van der Waals surface area contributed by atoms with Crippen molar-refractivity contribution in [1.29, 1.82) is 0 Å². The number of halogens is 1. The molecule has 0 saturated carbocycles. The molecule has 0 aliphatic carbocycles. The highest BCUT2D eigenvalue weighted by atomic mass is 127. The summed E-state index contributed by atoms with van der Waals surface area (Å²) in [7, 11) is 0. The van der Waals surface area contributed by atoms with Crippen molar-refractivity contribution in [2.45, 2.75) is 0 Å². The lowest BCUT2D eigenvalue weighted by molar-refractivity contribution is 0.0697. The number of carbonyl (C=O) groups is 1. The summed E-state index contributed by atoms with van der Waals surface area (Å²) in [5.74, 6) is -0.908. The minimum atomic E-state index is -0.908. The van der Waals surface area contributed by atoms with E-state index in [1.54, 1.807) is 18.2 Å². The van der Waals surface area contributed by atoms with Crippen molar-refractivity contribution in [2.75, 3.05) is 0 Å². The molecule has 2 N–H and O–H groups in total. The highest BCUT2D eigenvalue weighted by Gasteiger charge is 2.00. The molecule has 0 amide bonds. The Balaban J connectivity index is 2.03. The maximum Gasteiger partial charge on any atom is 0.335 e. The van der Waals surface area contributed by atoms with E-state index < -0.39 is 5.97 Å². The predicted molar refractivity (Wildman–Crippen MR) is 82.9 cm³/mol. The second-order valence-corrected chi connectivity index (χ2v) is 5.73. The summed E-state index contributed by atoms with van der Waals surface area (Å²) in [5, 5.41) is 12.0. The Kier molecular flexibility index (Phi) is 4.46. The lowest BCUT2D eigenvalue weighted by atomic mass is 10.1. The van der Waals surface area contributed by atoms with Crippen LogP contribution in [0.4, 0.5) is 0 Å². The average Bonchev–Trinajstić information content (AvgIpc) is 2.40. The summed E-state index contributed by atoms with van der Waals surface area (Å²) < 4.78 is 4.36. The van der Waals surface area contributed by atoms with Gasteiger partial charge < -0.3 is 10.4 Å². The fraction of sp³-hybridized carbons (Fsp3) is 0. The summed E-state index contributed by atoms with van der Waals surface area (Å²) in [4.78, 5) is 10.8. The summed E-state index contributed by atoms with van der Waals surface area (Å²) in [6.07, 6.45) is 7.79. The van der Waals surface area contributed by atoms with Crippen LogP contribution in [0.15, 0.2) is 52.4 Å². The minimum absolute atomic E-state index is 0.104. The number of hydrogen-bond acceptors (Lipinski definition) is 2. The van der Waals surface area contributed by atoms with Crippen LogP contribution in [0, 0.1) is 0 Å². The van der Waals surface area contributed by atoms with Crippen molar-refractivity contribution < 1.29 is 9.90 Å². The maximum atomic E-state index is 10.8. The lowest BCUT2D eigenvalue weighted by Crippen LogP contribution is -2.02. The first-order chi connectivity index (χ1) is 8.75. The van der Waals surface area contributed by atoms with E-state index in [1.807, 2.05) is 18.3 Å². The van der Waals surface area contributed by atoms with Gasteiger partial charge in [-0.3, -0.25) is 0 Å². The normalized spacial score (nSPS) is 14.1. The van der Waals surface area contributed by atoms with Gasteiger partial charge in [-0.2, -0.15) is 0 Å². The van der Waals surface area contributed by atoms with E-state index in [1.165, 1.54) is 0 Å². The third-order valence-electron chi connectivity index (χ3n) is 2.29. The number of carboxylic acids is 1. The molecule has 2 rings (SSSR count). The van der Waals surface area contributed by atoms with E-state index in [-0.39, 0.29) is 20.7 Å². The third kappa shape index (κ3) is 3.66. The van der Waals surface area contributed by atoms with Crippen LogP contribution in [0.25, 0.3) is 6.08 Å². The number of nitrogens with one attached hydrogen (secondary N) is 1. The van der Waals surface area contributed by atoms with Crippen LogP contribution >= 0.6 is 20.7 Å². The lowest BCUT2D eigenvalue weighted by Gasteiger charge is -2.02. The number of aromatic carboxylic acids is 1. The molecule has 1 aliphatic rings. The van der Waals surface area contributed by atoms with Crippen molar-refractivity contribution in [3.8, 4) is 0 Å². The van der Waals surface area contributed by atoms with E-state index >= 15 is 0 Å². The van der Waals surface area contributed by atoms with Crippen LogP contribution in [0.3, 0.4) is 0 Å². The molecule has 0 aromatic heterocycles. The summed E-state index contributed by atoms with van der Waals surface area (Å²) in [6.45, 7) is 0. The van der Waals surface area contributed by atoms with Crippen LogP contribution in [-0.4, -0.2) is 15.1 Å². The first-order valence-corrected chi connectivity index (χ1v) is 7.83. The number of allylic oxidation sites excluding steroid dienone is 2. The van der Waals surface area contributed by atoms with Gasteiger partial charge in [0.2, 0.25) is 0 Å². The first kappa shape index (κ1) is 12.8. The van der Waals surface area contributed by atoms with Gasteiger partial charge in [0, 0.05) is 11.9 Å². The Labute approximate surface area is 115 Å². The molecule has 0 atom stereocenters. The van der Waals surface area contributed by atoms with E-state index in [2.05, 4.69) is 25.6 Å². The van der Waals surface area contributed by atoms with Crippen molar-refractivity contribution in [1.82, 2.24) is 5.32 Å². The van der Waals surface area contributed by atoms with Gasteiger partial charge in [0.1, 0.15) is 0 Å². The van der Waals surface area contributed by atoms with Gasteiger partial charge in [-0.25, -0.2) is 4.79 Å². The van der Waals surface area contributed by atoms with Crippen LogP contribution in [0.5, 0.6) is 0 Å². The molecule has 0 unspecified atom stereocenters. The fourth-order valence-electron chi connectivity index (χ4n) is 1.41. The summed E-state index contributed by atoms with van der Waals surface area (Å²) in [5.41, 5.74) is 2.21. The molecule has 1 aromatic rings. The summed E-state index contributed by atoms with van der Waals surface area (Å²) >= 11 is 0.104. The first-order valence-electron chi connectivity index (χ1n) is 5.34. The highest BCUT2D eigenvalue weighted by Crippen LogP contribution is 2.09. The van der Waals surface area contributed by atoms with E-state index in [9.17, 15) is 4.79 Å². The highest BCUT2D eigenvalue weighted by molar-refractivity contribution is 14.2. The molecular formula is C14H12INO2. The molecule has 18 heavy (non-hydrogen) atoms. The molecule has 1 heterocycles. The Morgan fingerprint density at radius 2 is 2.28 bits per heavy atom. The predicted octanol–water partition coefficient (Wildman–Crippen LogP) is 3.13. The molecule has 0 saturated heterocycles. The molecule has 0 fully saturated rings. The SMILES string of the molecule is O=C(O)c1cccc(/C=C/NC2=CC=IC=C2)c1. The smallest absolute Gasteiger partial charge is 0.335 e. The van der Waals surface area contributed by atoms with Crippen molar-refractivity contribution in [2.24, 2.45) is 0 Å². The molecule has 1 aromatic carbocycles. The topological polar surface area (TPSA) is 49.3 Å². The van der Waals surface area contributed by atoms with E-state index in [4.69, 9.17) is 5.11 Å². The third-order valence-corrected chi connectivity index (χ3v) is 3.84. The Bertz CT molecular complexity index is 571. The second kappa shape index (κ2) is 6.30. The quantitative estimate of drug-likeness (QED) is 0.818. The van der Waals surface area contributed by atoms with Crippen molar-refractivity contribution >= 4 is 36.8 Å². The van der Waals surface area contributed by atoms with Gasteiger partial charge in [-0.1, -0.05) is 32.9 Å². The zero-order valence-corrected chi connectivity index (χ0v) is 11.7.